The maximum atomic E-state index is 12.8. The molecule has 0 fully saturated rings. The van der Waals surface area contributed by atoms with Crippen molar-refractivity contribution in [3.05, 3.63) is 52.0 Å². The zero-order valence-electron chi connectivity index (χ0n) is 15.3. The topological polar surface area (TPSA) is 108 Å². The van der Waals surface area contributed by atoms with Crippen molar-refractivity contribution < 1.29 is 14.7 Å². The van der Waals surface area contributed by atoms with Crippen molar-refractivity contribution in [1.29, 1.82) is 0 Å². The zero-order chi connectivity index (χ0) is 19.7. The number of fused-ring (bicyclic) bond motifs is 2. The number of hydrogen-bond acceptors (Lipinski definition) is 6. The first kappa shape index (κ1) is 18.4. The normalized spacial score (nSPS) is 14.1. The number of para-hydroxylation sites is 1. The number of anilines is 2. The number of benzene rings is 1. The number of carboxylic acid groups (broad SMARTS) is 1. The number of nitrogens with zero attached hydrogens (tertiary/aromatic N) is 1. The van der Waals surface area contributed by atoms with Crippen molar-refractivity contribution in [2.75, 3.05) is 11.1 Å². The molecule has 0 unspecified atom stereocenters. The van der Waals surface area contributed by atoms with E-state index in [9.17, 15) is 14.7 Å². The van der Waals surface area contributed by atoms with E-state index >= 15 is 0 Å². The molecule has 0 aliphatic heterocycles. The van der Waals surface area contributed by atoms with Crippen LogP contribution < -0.4 is 16.2 Å². The van der Waals surface area contributed by atoms with Crippen molar-refractivity contribution in [3.63, 3.8) is 0 Å². The van der Waals surface area contributed by atoms with Gasteiger partial charge in [-0.15, -0.1) is 11.3 Å². The number of nitrogen functional groups attached to an aromatic ring is 1. The number of carbonyl (C=O) groups excluding carboxylic acids is 2. The molecule has 1 aliphatic carbocycles. The van der Waals surface area contributed by atoms with Gasteiger partial charge in [-0.05, 0) is 43.4 Å². The van der Waals surface area contributed by atoms with Gasteiger partial charge < -0.3 is 21.0 Å². The van der Waals surface area contributed by atoms with Gasteiger partial charge in [-0.25, -0.2) is 4.98 Å². The zero-order valence-corrected chi connectivity index (χ0v) is 16.1. The SMILES string of the molecule is Nc1c(C(=O)Nc2ccccc2C(=O)[O-])sc2nc3c(cc12)CCCCCC3. The molecule has 4 rings (SSSR count). The number of carboxylic acids is 1. The Morgan fingerprint density at radius 2 is 1.86 bits per heavy atom. The third kappa shape index (κ3) is 3.45. The summed E-state index contributed by atoms with van der Waals surface area (Å²) in [6.07, 6.45) is 6.63. The molecule has 3 N–H and O–H groups in total. The molecule has 0 saturated heterocycles. The minimum absolute atomic E-state index is 0.0726. The van der Waals surface area contributed by atoms with Gasteiger partial charge in [-0.2, -0.15) is 0 Å². The van der Waals surface area contributed by atoms with Gasteiger partial charge in [0.05, 0.1) is 17.3 Å². The van der Waals surface area contributed by atoms with E-state index in [1.807, 2.05) is 0 Å². The van der Waals surface area contributed by atoms with Crippen LogP contribution in [0.3, 0.4) is 0 Å². The first-order chi connectivity index (χ1) is 13.5. The Balaban J connectivity index is 1.70. The lowest BCUT2D eigenvalue weighted by molar-refractivity contribution is -0.254. The highest BCUT2D eigenvalue weighted by atomic mass is 32.1. The Morgan fingerprint density at radius 3 is 2.64 bits per heavy atom. The van der Waals surface area contributed by atoms with Gasteiger partial charge in [0, 0.05) is 16.6 Å². The molecular weight excluding hydrogens is 374 g/mol. The van der Waals surface area contributed by atoms with E-state index in [4.69, 9.17) is 10.7 Å². The van der Waals surface area contributed by atoms with E-state index < -0.39 is 11.9 Å². The second-order valence-corrected chi connectivity index (χ2v) is 7.99. The molecule has 1 aromatic carbocycles. The molecule has 28 heavy (non-hydrogen) atoms. The number of aromatic carboxylic acids is 1. The monoisotopic (exact) mass is 394 g/mol. The van der Waals surface area contributed by atoms with Crippen molar-refractivity contribution >= 4 is 44.8 Å². The fourth-order valence-electron chi connectivity index (χ4n) is 3.63. The van der Waals surface area contributed by atoms with E-state index in [2.05, 4.69) is 11.4 Å². The van der Waals surface area contributed by atoms with Gasteiger partial charge in [-0.1, -0.05) is 31.0 Å². The van der Waals surface area contributed by atoms with E-state index in [-0.39, 0.29) is 11.3 Å². The van der Waals surface area contributed by atoms with Crippen LogP contribution in [0.1, 0.15) is 57.0 Å². The number of amides is 1. The number of carbonyl (C=O) groups is 2. The molecule has 2 heterocycles. The average Bonchev–Trinajstić information content (AvgIpc) is 2.98. The Labute approximate surface area is 166 Å². The standard InChI is InChI=1S/C21H21N3O3S/c22-17-14-11-12-7-3-1-2-4-9-15(12)24-20(14)28-18(17)19(25)23-16-10-6-5-8-13(16)21(26)27/h5-6,8,10-11H,1-4,7,9,22H2,(H,23,25)(H,26,27)/p-1. The van der Waals surface area contributed by atoms with Crippen LogP contribution in [-0.4, -0.2) is 16.9 Å². The van der Waals surface area contributed by atoms with Crippen molar-refractivity contribution in [1.82, 2.24) is 4.98 Å². The van der Waals surface area contributed by atoms with Gasteiger partial charge in [0.2, 0.25) is 0 Å². The van der Waals surface area contributed by atoms with Crippen LogP contribution in [0.5, 0.6) is 0 Å². The fourth-order valence-corrected chi connectivity index (χ4v) is 4.62. The van der Waals surface area contributed by atoms with E-state index in [0.717, 1.165) is 41.6 Å². The number of nitrogens with two attached hydrogens (primary N) is 1. The molecule has 1 amide bonds. The van der Waals surface area contributed by atoms with Crippen LogP contribution in [0.2, 0.25) is 0 Å². The third-order valence-corrected chi connectivity index (χ3v) is 6.21. The lowest BCUT2D eigenvalue weighted by atomic mass is 9.96. The first-order valence-corrected chi connectivity index (χ1v) is 10.2. The molecule has 144 valence electrons. The Morgan fingerprint density at radius 1 is 1.11 bits per heavy atom. The quantitative estimate of drug-likeness (QED) is 0.709. The summed E-state index contributed by atoms with van der Waals surface area (Å²) in [5, 5.41) is 14.7. The summed E-state index contributed by atoms with van der Waals surface area (Å²) in [6, 6.07) is 8.21. The second kappa shape index (κ2) is 7.59. The predicted octanol–water partition coefficient (Wildman–Crippen LogP) is 3.15. The van der Waals surface area contributed by atoms with Gasteiger partial charge >= 0.3 is 0 Å². The minimum Gasteiger partial charge on any atom is -0.545 e. The van der Waals surface area contributed by atoms with Gasteiger partial charge in [0.25, 0.3) is 5.91 Å². The smallest absolute Gasteiger partial charge is 0.267 e. The van der Waals surface area contributed by atoms with Crippen molar-refractivity contribution in [2.45, 2.75) is 38.5 Å². The van der Waals surface area contributed by atoms with Crippen LogP contribution in [0.25, 0.3) is 10.2 Å². The molecule has 0 radical (unpaired) electrons. The first-order valence-electron chi connectivity index (χ1n) is 9.37. The van der Waals surface area contributed by atoms with Crippen molar-refractivity contribution in [3.8, 4) is 0 Å². The number of aromatic nitrogens is 1. The number of nitrogens with one attached hydrogen (secondary N) is 1. The fraction of sp³-hybridized carbons (Fsp3) is 0.286. The molecule has 0 atom stereocenters. The number of hydrogen-bond donors (Lipinski definition) is 2. The second-order valence-electron chi connectivity index (χ2n) is 6.99. The van der Waals surface area contributed by atoms with Crippen molar-refractivity contribution in [2.24, 2.45) is 0 Å². The lowest BCUT2D eigenvalue weighted by Gasteiger charge is -2.12. The highest BCUT2D eigenvalue weighted by Gasteiger charge is 2.20. The summed E-state index contributed by atoms with van der Waals surface area (Å²) >= 11 is 1.24. The molecule has 3 aromatic rings. The molecule has 2 aromatic heterocycles. The molecule has 6 nitrogen and oxygen atoms in total. The number of thiophene rings is 1. The summed E-state index contributed by atoms with van der Waals surface area (Å²) in [7, 11) is 0. The van der Waals surface area contributed by atoms with Crippen LogP contribution >= 0.6 is 11.3 Å². The number of pyridine rings is 1. The van der Waals surface area contributed by atoms with Gasteiger partial charge in [0.15, 0.2) is 0 Å². The van der Waals surface area contributed by atoms with Crippen LogP contribution in [-0.2, 0) is 12.8 Å². The summed E-state index contributed by atoms with van der Waals surface area (Å²) in [5.74, 6) is -1.79. The Hall–Kier alpha value is -2.93. The minimum atomic E-state index is -1.35. The van der Waals surface area contributed by atoms with Crippen LogP contribution in [0, 0.1) is 0 Å². The highest BCUT2D eigenvalue weighted by molar-refractivity contribution is 7.21. The molecule has 0 spiro atoms. The molecule has 0 saturated carbocycles. The van der Waals surface area contributed by atoms with Gasteiger partial charge in [0.1, 0.15) is 9.71 Å². The lowest BCUT2D eigenvalue weighted by Crippen LogP contribution is -2.24. The molecular formula is C21H20N3O3S-. The maximum absolute atomic E-state index is 12.8. The number of rotatable bonds is 3. The summed E-state index contributed by atoms with van der Waals surface area (Å²) in [4.78, 5) is 29.9. The van der Waals surface area contributed by atoms with Gasteiger partial charge in [-0.3, -0.25) is 4.79 Å². The molecule has 1 aliphatic rings. The van der Waals surface area contributed by atoms with Crippen LogP contribution in [0.15, 0.2) is 30.3 Å². The van der Waals surface area contributed by atoms with E-state index in [1.54, 1.807) is 12.1 Å². The molecule has 7 heteroatoms. The Kier molecular flexibility index (Phi) is 5.00. The maximum Gasteiger partial charge on any atom is 0.267 e. The number of aryl methyl sites for hydroxylation is 2. The third-order valence-electron chi connectivity index (χ3n) is 5.10. The highest BCUT2D eigenvalue weighted by Crippen LogP contribution is 2.35. The predicted molar refractivity (Wildman–Crippen MR) is 109 cm³/mol. The molecule has 0 bridgehead atoms. The summed E-state index contributed by atoms with van der Waals surface area (Å²) in [5.41, 5.74) is 9.09. The Bertz CT molecular complexity index is 1070. The summed E-state index contributed by atoms with van der Waals surface area (Å²) < 4.78 is 0. The summed E-state index contributed by atoms with van der Waals surface area (Å²) in [6.45, 7) is 0. The van der Waals surface area contributed by atoms with E-state index in [1.165, 1.54) is 41.9 Å². The largest absolute Gasteiger partial charge is 0.545 e. The van der Waals surface area contributed by atoms with E-state index in [0.29, 0.717) is 10.6 Å². The average molecular weight is 394 g/mol. The van der Waals surface area contributed by atoms with Crippen LogP contribution in [0.4, 0.5) is 11.4 Å².